The van der Waals surface area contributed by atoms with Crippen LogP contribution in [0.4, 0.5) is 0 Å². The van der Waals surface area contributed by atoms with Crippen molar-refractivity contribution in [3.05, 3.63) is 45.0 Å². The summed E-state index contributed by atoms with van der Waals surface area (Å²) in [7, 11) is 0. The monoisotopic (exact) mass is 229 g/mol. The number of para-hydroxylation sites is 1. The number of rotatable bonds is 1. The van der Waals surface area contributed by atoms with Gasteiger partial charge in [-0.25, -0.2) is 0 Å². The number of aromatic nitrogens is 3. The van der Waals surface area contributed by atoms with Gasteiger partial charge in [-0.2, -0.15) is 0 Å². The van der Waals surface area contributed by atoms with Gasteiger partial charge in [0.25, 0.3) is 11.1 Å². The van der Waals surface area contributed by atoms with Crippen molar-refractivity contribution in [2.45, 2.75) is 13.5 Å². The third-order valence-electron chi connectivity index (χ3n) is 3.02. The van der Waals surface area contributed by atoms with Crippen molar-refractivity contribution in [3.63, 3.8) is 0 Å². The summed E-state index contributed by atoms with van der Waals surface area (Å²) < 4.78 is 1.61. The number of pyridine rings is 1. The minimum atomic E-state index is -0.363. The van der Waals surface area contributed by atoms with Gasteiger partial charge < -0.3 is 4.57 Å². The van der Waals surface area contributed by atoms with E-state index in [9.17, 15) is 9.59 Å². The minimum Gasteiger partial charge on any atom is -0.308 e. The lowest BCUT2D eigenvalue weighted by Crippen LogP contribution is -2.23. The van der Waals surface area contributed by atoms with Crippen LogP contribution in [-0.2, 0) is 6.54 Å². The molecule has 0 radical (unpaired) electrons. The Bertz CT molecular complexity index is 823. The average Bonchev–Trinajstić information content (AvgIpc) is 2.73. The first kappa shape index (κ1) is 9.89. The lowest BCUT2D eigenvalue weighted by Gasteiger charge is -2.07. The molecule has 5 nitrogen and oxygen atoms in total. The molecule has 1 aromatic carbocycles. The van der Waals surface area contributed by atoms with Crippen molar-refractivity contribution < 1.29 is 0 Å². The summed E-state index contributed by atoms with van der Waals surface area (Å²) in [6.07, 6.45) is 0. The fraction of sp³-hybridized carbons (Fsp3) is 0.167. The number of hydrogen-bond acceptors (Lipinski definition) is 2. The van der Waals surface area contributed by atoms with Crippen LogP contribution in [0.5, 0.6) is 0 Å². The molecule has 0 unspecified atom stereocenters. The van der Waals surface area contributed by atoms with E-state index in [1.54, 1.807) is 4.57 Å². The predicted octanol–water partition coefficient (Wildman–Crippen LogP) is 1.19. The SMILES string of the molecule is CCn1c(=O)c2c(=O)[nH][nH]c2c2ccccc21. The van der Waals surface area contributed by atoms with Crippen LogP contribution in [0.1, 0.15) is 6.92 Å². The maximum atomic E-state index is 12.2. The zero-order valence-corrected chi connectivity index (χ0v) is 9.28. The Balaban J connectivity index is 2.76. The summed E-state index contributed by atoms with van der Waals surface area (Å²) in [6.45, 7) is 2.43. The van der Waals surface area contributed by atoms with Gasteiger partial charge in [0.15, 0.2) is 0 Å². The van der Waals surface area contributed by atoms with Crippen LogP contribution in [0.2, 0.25) is 0 Å². The average molecular weight is 229 g/mol. The molecule has 5 heteroatoms. The van der Waals surface area contributed by atoms with Crippen molar-refractivity contribution in [1.82, 2.24) is 14.8 Å². The van der Waals surface area contributed by atoms with Crippen LogP contribution >= 0.6 is 0 Å². The Hall–Kier alpha value is -2.30. The maximum Gasteiger partial charge on any atom is 0.277 e. The second kappa shape index (κ2) is 3.35. The zero-order chi connectivity index (χ0) is 12.0. The molecule has 2 heterocycles. The van der Waals surface area contributed by atoms with E-state index in [4.69, 9.17) is 0 Å². The summed E-state index contributed by atoms with van der Waals surface area (Å²) >= 11 is 0. The molecule has 2 N–H and O–H groups in total. The van der Waals surface area contributed by atoms with E-state index >= 15 is 0 Å². The lowest BCUT2D eigenvalue weighted by molar-refractivity contribution is 0.766. The van der Waals surface area contributed by atoms with Gasteiger partial charge in [0.2, 0.25) is 0 Å². The molecule has 3 aromatic rings. The number of fused-ring (bicyclic) bond motifs is 3. The van der Waals surface area contributed by atoms with Crippen LogP contribution in [0.3, 0.4) is 0 Å². The topological polar surface area (TPSA) is 70.7 Å². The Morgan fingerprint density at radius 3 is 2.71 bits per heavy atom. The van der Waals surface area contributed by atoms with E-state index in [2.05, 4.69) is 10.2 Å². The summed E-state index contributed by atoms with van der Waals surface area (Å²) in [6, 6.07) is 7.54. The molecule has 86 valence electrons. The van der Waals surface area contributed by atoms with Crippen molar-refractivity contribution in [1.29, 1.82) is 0 Å². The molecule has 3 rings (SSSR count). The fourth-order valence-electron chi connectivity index (χ4n) is 2.24. The van der Waals surface area contributed by atoms with Crippen molar-refractivity contribution >= 4 is 21.8 Å². The largest absolute Gasteiger partial charge is 0.308 e. The Morgan fingerprint density at radius 2 is 1.94 bits per heavy atom. The van der Waals surface area contributed by atoms with E-state index in [0.29, 0.717) is 12.1 Å². The van der Waals surface area contributed by atoms with Crippen molar-refractivity contribution in [2.75, 3.05) is 0 Å². The minimum absolute atomic E-state index is 0.200. The van der Waals surface area contributed by atoms with Crippen LogP contribution < -0.4 is 11.1 Å². The molecule has 0 bridgehead atoms. The molecular formula is C12H11N3O2. The molecule has 17 heavy (non-hydrogen) atoms. The summed E-state index contributed by atoms with van der Waals surface area (Å²) in [5.41, 5.74) is 0.810. The van der Waals surface area contributed by atoms with Crippen LogP contribution in [0.15, 0.2) is 33.9 Å². The molecule has 0 amide bonds. The molecule has 0 saturated heterocycles. The van der Waals surface area contributed by atoms with E-state index < -0.39 is 0 Å². The van der Waals surface area contributed by atoms with E-state index in [-0.39, 0.29) is 16.5 Å². The van der Waals surface area contributed by atoms with Crippen LogP contribution in [0.25, 0.3) is 21.8 Å². The van der Waals surface area contributed by atoms with Crippen LogP contribution in [-0.4, -0.2) is 14.8 Å². The van der Waals surface area contributed by atoms with E-state index in [0.717, 1.165) is 10.9 Å². The number of aryl methyl sites for hydroxylation is 1. The van der Waals surface area contributed by atoms with Gasteiger partial charge in [-0.1, -0.05) is 18.2 Å². The molecule has 0 aliphatic rings. The molecule has 0 saturated carbocycles. The van der Waals surface area contributed by atoms with Gasteiger partial charge in [0, 0.05) is 11.9 Å². The number of hydrogen-bond donors (Lipinski definition) is 2. The molecule has 0 fully saturated rings. The first-order chi connectivity index (χ1) is 8.24. The Morgan fingerprint density at radius 1 is 1.18 bits per heavy atom. The summed E-state index contributed by atoms with van der Waals surface area (Å²) in [5, 5.41) is 6.32. The summed E-state index contributed by atoms with van der Waals surface area (Å²) in [4.78, 5) is 23.8. The highest BCUT2D eigenvalue weighted by Crippen LogP contribution is 2.18. The summed E-state index contributed by atoms with van der Waals surface area (Å²) in [5.74, 6) is 0. The fourth-order valence-corrected chi connectivity index (χ4v) is 2.24. The predicted molar refractivity (Wildman–Crippen MR) is 66.4 cm³/mol. The molecule has 2 aromatic heterocycles. The van der Waals surface area contributed by atoms with Gasteiger partial charge in [-0.15, -0.1) is 0 Å². The third-order valence-corrected chi connectivity index (χ3v) is 3.02. The maximum absolute atomic E-state index is 12.2. The first-order valence-electron chi connectivity index (χ1n) is 5.46. The van der Waals surface area contributed by atoms with Gasteiger partial charge in [-0.3, -0.25) is 19.8 Å². The van der Waals surface area contributed by atoms with E-state index in [1.807, 2.05) is 31.2 Å². The standard InChI is InChI=1S/C12H11N3O2/c1-2-15-8-6-4-3-5-7(8)10-9(12(15)17)11(16)14-13-10/h3-6H,2H2,1H3,(H2,13,14,16). The number of benzene rings is 1. The van der Waals surface area contributed by atoms with E-state index in [1.165, 1.54) is 0 Å². The second-order valence-electron chi connectivity index (χ2n) is 3.90. The highest BCUT2D eigenvalue weighted by Gasteiger charge is 2.13. The van der Waals surface area contributed by atoms with Gasteiger partial charge in [0.1, 0.15) is 5.39 Å². The number of nitrogens with one attached hydrogen (secondary N) is 2. The molecular weight excluding hydrogens is 218 g/mol. The van der Waals surface area contributed by atoms with Gasteiger partial charge >= 0.3 is 0 Å². The molecule has 0 spiro atoms. The molecule has 0 atom stereocenters. The third kappa shape index (κ3) is 1.19. The van der Waals surface area contributed by atoms with Crippen molar-refractivity contribution in [2.24, 2.45) is 0 Å². The number of aromatic amines is 2. The quantitative estimate of drug-likeness (QED) is 0.658. The normalized spacial score (nSPS) is 11.4. The zero-order valence-electron chi connectivity index (χ0n) is 9.28. The first-order valence-corrected chi connectivity index (χ1v) is 5.46. The van der Waals surface area contributed by atoms with Gasteiger partial charge in [0.05, 0.1) is 11.0 Å². The molecule has 0 aliphatic carbocycles. The van der Waals surface area contributed by atoms with Crippen LogP contribution in [0, 0.1) is 0 Å². The van der Waals surface area contributed by atoms with Gasteiger partial charge in [-0.05, 0) is 13.0 Å². The second-order valence-corrected chi connectivity index (χ2v) is 3.90. The number of nitrogens with zero attached hydrogens (tertiary/aromatic N) is 1. The number of H-pyrrole nitrogens is 2. The Labute approximate surface area is 95.7 Å². The van der Waals surface area contributed by atoms with Crippen molar-refractivity contribution in [3.8, 4) is 0 Å². The highest BCUT2D eigenvalue weighted by molar-refractivity contribution is 6.02. The molecule has 0 aliphatic heterocycles. The highest BCUT2D eigenvalue weighted by atomic mass is 16.1. The smallest absolute Gasteiger partial charge is 0.277 e. The lowest BCUT2D eigenvalue weighted by atomic mass is 10.1. The Kier molecular flexibility index (Phi) is 1.95.